The molecule has 1 aromatic carbocycles. The van der Waals surface area contributed by atoms with E-state index in [1.807, 2.05) is 25.1 Å². The van der Waals surface area contributed by atoms with Gasteiger partial charge in [-0.3, -0.25) is 0 Å². The van der Waals surface area contributed by atoms with Crippen LogP contribution in [0, 0.1) is 0 Å². The third-order valence-corrected chi connectivity index (χ3v) is 3.47. The van der Waals surface area contributed by atoms with Crippen molar-refractivity contribution in [3.8, 4) is 5.75 Å². The third kappa shape index (κ3) is 2.79. The van der Waals surface area contributed by atoms with Crippen LogP contribution in [0.4, 0.5) is 0 Å². The number of ether oxygens (including phenoxy) is 1. The summed E-state index contributed by atoms with van der Waals surface area (Å²) in [4.78, 5) is 0. The van der Waals surface area contributed by atoms with Crippen molar-refractivity contribution in [1.82, 2.24) is 0 Å². The normalized spacial score (nSPS) is 22.0. The fourth-order valence-corrected chi connectivity index (χ4v) is 2.00. The van der Waals surface area contributed by atoms with Gasteiger partial charge in [0, 0.05) is 0 Å². The molecule has 1 aliphatic carbocycles. The van der Waals surface area contributed by atoms with E-state index < -0.39 is 5.60 Å². The number of rotatable bonds is 4. The standard InChI is InChI=1S/C14H20O3/c1-3-14(2,16)9-17-11-5-6-12-10(8-11)4-7-13(12)15/h5-6,8,13,15-16H,3-4,7,9H2,1-2H3. The van der Waals surface area contributed by atoms with Gasteiger partial charge in [0.05, 0.1) is 11.7 Å². The van der Waals surface area contributed by atoms with E-state index in [-0.39, 0.29) is 6.10 Å². The van der Waals surface area contributed by atoms with Crippen LogP contribution in [0.1, 0.15) is 43.9 Å². The highest BCUT2D eigenvalue weighted by atomic mass is 16.5. The van der Waals surface area contributed by atoms with Gasteiger partial charge in [0.2, 0.25) is 0 Å². The molecule has 0 heterocycles. The topological polar surface area (TPSA) is 49.7 Å². The van der Waals surface area contributed by atoms with Gasteiger partial charge in [-0.25, -0.2) is 0 Å². The lowest BCUT2D eigenvalue weighted by Gasteiger charge is -2.21. The van der Waals surface area contributed by atoms with Crippen molar-refractivity contribution < 1.29 is 14.9 Å². The Labute approximate surface area is 102 Å². The largest absolute Gasteiger partial charge is 0.491 e. The highest BCUT2D eigenvalue weighted by molar-refractivity contribution is 5.39. The molecule has 17 heavy (non-hydrogen) atoms. The quantitative estimate of drug-likeness (QED) is 0.842. The highest BCUT2D eigenvalue weighted by Crippen LogP contribution is 2.33. The first-order chi connectivity index (χ1) is 8.02. The molecule has 0 fully saturated rings. The van der Waals surface area contributed by atoms with Gasteiger partial charge in [-0.05, 0) is 49.4 Å². The van der Waals surface area contributed by atoms with Crippen LogP contribution >= 0.6 is 0 Å². The molecule has 0 bridgehead atoms. The number of hydrogen-bond acceptors (Lipinski definition) is 3. The van der Waals surface area contributed by atoms with Gasteiger partial charge in [-0.1, -0.05) is 13.0 Å². The first kappa shape index (κ1) is 12.4. The number of aliphatic hydroxyl groups is 2. The fourth-order valence-electron chi connectivity index (χ4n) is 2.00. The number of aryl methyl sites for hydroxylation is 1. The maximum atomic E-state index is 9.86. The molecule has 0 aliphatic heterocycles. The van der Waals surface area contributed by atoms with Crippen molar-refractivity contribution in [2.24, 2.45) is 0 Å². The Kier molecular flexibility index (Phi) is 3.40. The smallest absolute Gasteiger partial charge is 0.119 e. The van der Waals surface area contributed by atoms with E-state index in [2.05, 4.69) is 0 Å². The SMILES string of the molecule is CCC(C)(O)COc1ccc2c(c1)CCC2O. The maximum absolute atomic E-state index is 9.86. The van der Waals surface area contributed by atoms with Crippen molar-refractivity contribution in [2.75, 3.05) is 6.61 Å². The maximum Gasteiger partial charge on any atom is 0.119 e. The van der Waals surface area contributed by atoms with Crippen LogP contribution in [0.3, 0.4) is 0 Å². The zero-order valence-electron chi connectivity index (χ0n) is 10.4. The molecule has 0 saturated heterocycles. The molecule has 3 nitrogen and oxygen atoms in total. The average Bonchev–Trinajstić information content (AvgIpc) is 2.68. The molecule has 1 aromatic rings. The first-order valence-corrected chi connectivity index (χ1v) is 6.18. The van der Waals surface area contributed by atoms with Crippen LogP contribution in [-0.2, 0) is 6.42 Å². The molecule has 0 aromatic heterocycles. The molecule has 0 spiro atoms. The van der Waals surface area contributed by atoms with Crippen LogP contribution in [0.25, 0.3) is 0 Å². The molecular weight excluding hydrogens is 216 g/mol. The van der Waals surface area contributed by atoms with Gasteiger partial charge in [0.1, 0.15) is 12.4 Å². The van der Waals surface area contributed by atoms with Gasteiger partial charge < -0.3 is 14.9 Å². The van der Waals surface area contributed by atoms with Gasteiger partial charge in [0.15, 0.2) is 0 Å². The van der Waals surface area contributed by atoms with Gasteiger partial charge in [-0.2, -0.15) is 0 Å². The summed E-state index contributed by atoms with van der Waals surface area (Å²) in [5, 5.41) is 19.5. The van der Waals surface area contributed by atoms with E-state index in [9.17, 15) is 10.2 Å². The summed E-state index contributed by atoms with van der Waals surface area (Å²) in [5.41, 5.74) is 1.39. The lowest BCUT2D eigenvalue weighted by Crippen LogP contribution is -2.31. The second kappa shape index (κ2) is 4.67. The summed E-state index contributed by atoms with van der Waals surface area (Å²) in [5.74, 6) is 0.770. The molecule has 94 valence electrons. The fraction of sp³-hybridized carbons (Fsp3) is 0.571. The summed E-state index contributed by atoms with van der Waals surface area (Å²) in [6.07, 6.45) is 2.04. The molecule has 0 amide bonds. The molecule has 0 radical (unpaired) electrons. The van der Waals surface area contributed by atoms with Gasteiger partial charge in [0.25, 0.3) is 0 Å². The van der Waals surface area contributed by atoms with Crippen LogP contribution in [0.5, 0.6) is 5.75 Å². The Bertz CT molecular complexity index is 398. The first-order valence-electron chi connectivity index (χ1n) is 6.18. The zero-order valence-corrected chi connectivity index (χ0v) is 10.4. The average molecular weight is 236 g/mol. The van der Waals surface area contributed by atoms with Crippen LogP contribution < -0.4 is 4.74 Å². The molecule has 2 atom stereocenters. The van der Waals surface area contributed by atoms with Crippen LogP contribution in [-0.4, -0.2) is 22.4 Å². The summed E-state index contributed by atoms with van der Waals surface area (Å²) in [6.45, 7) is 4.00. The minimum atomic E-state index is -0.779. The number of aliphatic hydroxyl groups excluding tert-OH is 1. The predicted octanol–water partition coefficient (Wildman–Crippen LogP) is 2.21. The minimum absolute atomic E-state index is 0.296. The van der Waals surface area contributed by atoms with E-state index in [1.54, 1.807) is 6.92 Å². The Morgan fingerprint density at radius 1 is 1.47 bits per heavy atom. The molecule has 2 N–H and O–H groups in total. The number of hydrogen-bond donors (Lipinski definition) is 2. The predicted molar refractivity (Wildman–Crippen MR) is 66.1 cm³/mol. The summed E-state index contributed by atoms with van der Waals surface area (Å²) in [6, 6.07) is 5.75. The molecule has 0 saturated carbocycles. The number of fused-ring (bicyclic) bond motifs is 1. The van der Waals surface area contributed by atoms with Gasteiger partial charge >= 0.3 is 0 Å². The summed E-state index contributed by atoms with van der Waals surface area (Å²) >= 11 is 0. The Balaban J connectivity index is 2.04. The van der Waals surface area contributed by atoms with E-state index in [0.717, 1.165) is 29.7 Å². The van der Waals surface area contributed by atoms with Gasteiger partial charge in [-0.15, -0.1) is 0 Å². The van der Waals surface area contributed by atoms with Crippen LogP contribution in [0.15, 0.2) is 18.2 Å². The Morgan fingerprint density at radius 3 is 2.94 bits per heavy atom. The highest BCUT2D eigenvalue weighted by Gasteiger charge is 2.22. The van der Waals surface area contributed by atoms with E-state index in [1.165, 1.54) is 0 Å². The molecule has 2 rings (SSSR count). The van der Waals surface area contributed by atoms with E-state index in [4.69, 9.17) is 4.74 Å². The van der Waals surface area contributed by atoms with Crippen molar-refractivity contribution in [3.63, 3.8) is 0 Å². The summed E-state index contributed by atoms with van der Waals surface area (Å²) in [7, 11) is 0. The molecule has 3 heteroatoms. The second-order valence-electron chi connectivity index (χ2n) is 5.05. The third-order valence-electron chi connectivity index (χ3n) is 3.47. The van der Waals surface area contributed by atoms with Crippen molar-refractivity contribution in [3.05, 3.63) is 29.3 Å². The summed E-state index contributed by atoms with van der Waals surface area (Å²) < 4.78 is 5.59. The van der Waals surface area contributed by atoms with Crippen molar-refractivity contribution in [1.29, 1.82) is 0 Å². The lowest BCUT2D eigenvalue weighted by molar-refractivity contribution is 0.00844. The Morgan fingerprint density at radius 2 is 2.24 bits per heavy atom. The molecule has 1 aliphatic rings. The number of benzene rings is 1. The van der Waals surface area contributed by atoms with Crippen molar-refractivity contribution in [2.45, 2.75) is 44.8 Å². The van der Waals surface area contributed by atoms with Crippen molar-refractivity contribution >= 4 is 0 Å². The Hall–Kier alpha value is -1.06. The second-order valence-corrected chi connectivity index (χ2v) is 5.05. The molecule has 2 unspecified atom stereocenters. The zero-order chi connectivity index (χ0) is 12.5. The van der Waals surface area contributed by atoms with E-state index in [0.29, 0.717) is 13.0 Å². The monoisotopic (exact) mass is 236 g/mol. The lowest BCUT2D eigenvalue weighted by atomic mass is 10.1. The van der Waals surface area contributed by atoms with Crippen LogP contribution in [0.2, 0.25) is 0 Å². The molecular formula is C14H20O3. The van der Waals surface area contributed by atoms with E-state index >= 15 is 0 Å². The minimum Gasteiger partial charge on any atom is -0.491 e.